The minimum atomic E-state index is -0.473. The fourth-order valence-corrected chi connectivity index (χ4v) is 2.81. The van der Waals surface area contributed by atoms with Gasteiger partial charge in [-0.25, -0.2) is 4.39 Å². The molecule has 0 aliphatic carbocycles. The van der Waals surface area contributed by atoms with Gasteiger partial charge in [-0.3, -0.25) is 4.79 Å². The molecule has 3 rings (SSSR count). The number of benzene rings is 2. The Hall–Kier alpha value is -2.16. The number of rotatable bonds is 1. The quantitative estimate of drug-likeness (QED) is 0.772. The average Bonchev–Trinajstić information content (AvgIpc) is 2.71. The molecule has 20 heavy (non-hydrogen) atoms. The second-order valence-electron chi connectivity index (χ2n) is 5.77. The molecular formula is C17H16FNO. The number of nitrogens with zero attached hydrogens (tertiary/aromatic N) is 1. The van der Waals surface area contributed by atoms with E-state index < -0.39 is 5.82 Å². The number of anilines is 1. The third kappa shape index (κ3) is 1.90. The summed E-state index contributed by atoms with van der Waals surface area (Å²) in [4.78, 5) is 14.3. The van der Waals surface area contributed by atoms with Crippen molar-refractivity contribution in [1.82, 2.24) is 0 Å². The molecule has 3 heteroatoms. The fourth-order valence-electron chi connectivity index (χ4n) is 2.81. The first-order valence-corrected chi connectivity index (χ1v) is 6.66. The zero-order valence-electron chi connectivity index (χ0n) is 11.6. The van der Waals surface area contributed by atoms with Gasteiger partial charge >= 0.3 is 0 Å². The van der Waals surface area contributed by atoms with E-state index in [1.54, 1.807) is 17.0 Å². The van der Waals surface area contributed by atoms with Gasteiger partial charge in [-0.1, -0.05) is 44.2 Å². The average molecular weight is 269 g/mol. The van der Waals surface area contributed by atoms with E-state index in [1.165, 1.54) is 12.1 Å². The lowest BCUT2D eigenvalue weighted by atomic mass is 9.87. The van der Waals surface area contributed by atoms with Crippen LogP contribution in [0.2, 0.25) is 0 Å². The summed E-state index contributed by atoms with van der Waals surface area (Å²) in [5.74, 6) is -0.749. The Labute approximate surface area is 117 Å². The van der Waals surface area contributed by atoms with Crippen LogP contribution in [0, 0.1) is 5.82 Å². The number of carbonyl (C=O) groups is 1. The number of fused-ring (bicyclic) bond motifs is 1. The zero-order valence-corrected chi connectivity index (χ0v) is 11.6. The molecule has 0 spiro atoms. The Kier molecular flexibility index (Phi) is 2.85. The number of para-hydroxylation sites is 1. The van der Waals surface area contributed by atoms with Gasteiger partial charge in [0.2, 0.25) is 0 Å². The SMILES string of the molecule is CC1(C)CN(C(=O)c2ccccc2F)c2ccccc21. The van der Waals surface area contributed by atoms with E-state index in [-0.39, 0.29) is 16.9 Å². The first-order chi connectivity index (χ1) is 9.50. The lowest BCUT2D eigenvalue weighted by Crippen LogP contribution is -2.34. The fraction of sp³-hybridized carbons (Fsp3) is 0.235. The first-order valence-electron chi connectivity index (χ1n) is 6.66. The Morgan fingerprint density at radius 2 is 1.75 bits per heavy atom. The van der Waals surface area contributed by atoms with Crippen LogP contribution < -0.4 is 4.90 Å². The normalized spacial score (nSPS) is 16.1. The molecular weight excluding hydrogens is 253 g/mol. The van der Waals surface area contributed by atoms with E-state index in [2.05, 4.69) is 13.8 Å². The first kappa shape index (κ1) is 12.9. The van der Waals surface area contributed by atoms with Gasteiger partial charge in [0.15, 0.2) is 0 Å². The van der Waals surface area contributed by atoms with Crippen LogP contribution in [0.3, 0.4) is 0 Å². The van der Waals surface area contributed by atoms with Crippen molar-refractivity contribution in [2.45, 2.75) is 19.3 Å². The van der Waals surface area contributed by atoms with Gasteiger partial charge in [-0.05, 0) is 23.8 Å². The summed E-state index contributed by atoms with van der Waals surface area (Å²) >= 11 is 0. The second kappa shape index (κ2) is 4.44. The molecule has 2 nitrogen and oxygen atoms in total. The van der Waals surface area contributed by atoms with Gasteiger partial charge in [0.05, 0.1) is 5.56 Å². The van der Waals surface area contributed by atoms with E-state index in [4.69, 9.17) is 0 Å². The highest BCUT2D eigenvalue weighted by atomic mass is 19.1. The minimum Gasteiger partial charge on any atom is -0.307 e. The van der Waals surface area contributed by atoms with Crippen molar-refractivity contribution in [3.8, 4) is 0 Å². The number of hydrogen-bond donors (Lipinski definition) is 0. The van der Waals surface area contributed by atoms with Gasteiger partial charge in [0, 0.05) is 17.6 Å². The van der Waals surface area contributed by atoms with Crippen LogP contribution >= 0.6 is 0 Å². The van der Waals surface area contributed by atoms with Crippen molar-refractivity contribution < 1.29 is 9.18 Å². The molecule has 1 amide bonds. The molecule has 0 atom stereocenters. The van der Waals surface area contributed by atoms with E-state index in [0.717, 1.165) is 11.3 Å². The van der Waals surface area contributed by atoms with Crippen LogP contribution in [-0.2, 0) is 5.41 Å². The van der Waals surface area contributed by atoms with Crippen LogP contribution in [-0.4, -0.2) is 12.5 Å². The monoisotopic (exact) mass is 269 g/mol. The van der Waals surface area contributed by atoms with E-state index in [1.807, 2.05) is 24.3 Å². The smallest absolute Gasteiger partial charge is 0.261 e. The predicted octanol–water partition coefficient (Wildman–Crippen LogP) is 3.76. The lowest BCUT2D eigenvalue weighted by molar-refractivity contribution is 0.0982. The van der Waals surface area contributed by atoms with Gasteiger partial charge in [-0.2, -0.15) is 0 Å². The summed E-state index contributed by atoms with van der Waals surface area (Å²) in [7, 11) is 0. The highest BCUT2D eigenvalue weighted by molar-refractivity contribution is 6.07. The third-order valence-corrected chi connectivity index (χ3v) is 3.83. The molecule has 1 heterocycles. The molecule has 0 N–H and O–H groups in total. The van der Waals surface area contributed by atoms with Crippen LogP contribution in [0.5, 0.6) is 0 Å². The number of amides is 1. The maximum absolute atomic E-state index is 13.8. The molecule has 0 aromatic heterocycles. The molecule has 2 aromatic carbocycles. The van der Waals surface area contributed by atoms with Crippen molar-refractivity contribution in [2.24, 2.45) is 0 Å². The summed E-state index contributed by atoms with van der Waals surface area (Å²) in [5, 5.41) is 0. The third-order valence-electron chi connectivity index (χ3n) is 3.83. The van der Waals surface area contributed by atoms with Gasteiger partial charge in [0.1, 0.15) is 5.82 Å². The molecule has 0 radical (unpaired) electrons. The summed E-state index contributed by atoms with van der Waals surface area (Å²) < 4.78 is 13.8. The van der Waals surface area contributed by atoms with Gasteiger partial charge in [0.25, 0.3) is 5.91 Å². The van der Waals surface area contributed by atoms with Crippen LogP contribution in [0.1, 0.15) is 29.8 Å². The van der Waals surface area contributed by atoms with Crippen LogP contribution in [0.4, 0.5) is 10.1 Å². The topological polar surface area (TPSA) is 20.3 Å². The highest BCUT2D eigenvalue weighted by Gasteiger charge is 2.38. The molecule has 1 aliphatic rings. The van der Waals surface area contributed by atoms with Crippen molar-refractivity contribution in [2.75, 3.05) is 11.4 Å². The van der Waals surface area contributed by atoms with Crippen molar-refractivity contribution in [3.63, 3.8) is 0 Å². The van der Waals surface area contributed by atoms with Crippen molar-refractivity contribution in [3.05, 3.63) is 65.5 Å². The predicted molar refractivity (Wildman–Crippen MR) is 77.5 cm³/mol. The zero-order chi connectivity index (χ0) is 14.3. The van der Waals surface area contributed by atoms with Crippen LogP contribution in [0.15, 0.2) is 48.5 Å². The standard InChI is InChI=1S/C17H16FNO/c1-17(2)11-19(15-10-6-4-8-13(15)17)16(20)12-7-3-5-9-14(12)18/h3-10H,11H2,1-2H3. The maximum Gasteiger partial charge on any atom is 0.261 e. The maximum atomic E-state index is 13.8. The number of hydrogen-bond acceptors (Lipinski definition) is 1. The van der Waals surface area contributed by atoms with Crippen LogP contribution in [0.25, 0.3) is 0 Å². The Morgan fingerprint density at radius 3 is 2.50 bits per heavy atom. The van der Waals surface area contributed by atoms with Crippen molar-refractivity contribution >= 4 is 11.6 Å². The van der Waals surface area contributed by atoms with Gasteiger partial charge < -0.3 is 4.90 Å². The largest absolute Gasteiger partial charge is 0.307 e. The molecule has 0 fully saturated rings. The van der Waals surface area contributed by atoms with Crippen molar-refractivity contribution in [1.29, 1.82) is 0 Å². The Morgan fingerprint density at radius 1 is 1.10 bits per heavy atom. The number of carbonyl (C=O) groups excluding carboxylic acids is 1. The van der Waals surface area contributed by atoms with E-state index >= 15 is 0 Å². The summed E-state index contributed by atoms with van der Waals surface area (Å²) in [5.41, 5.74) is 2.02. The Bertz CT molecular complexity index is 678. The highest BCUT2D eigenvalue weighted by Crippen LogP contribution is 2.40. The second-order valence-corrected chi connectivity index (χ2v) is 5.77. The molecule has 0 bridgehead atoms. The number of halogens is 1. The lowest BCUT2D eigenvalue weighted by Gasteiger charge is -2.21. The summed E-state index contributed by atoms with van der Waals surface area (Å²) in [6, 6.07) is 14.0. The minimum absolute atomic E-state index is 0.114. The molecule has 102 valence electrons. The Balaban J connectivity index is 2.05. The van der Waals surface area contributed by atoms with Gasteiger partial charge in [-0.15, -0.1) is 0 Å². The molecule has 1 aliphatic heterocycles. The van der Waals surface area contributed by atoms with E-state index in [0.29, 0.717) is 6.54 Å². The summed E-state index contributed by atoms with van der Waals surface area (Å²) in [6.07, 6.45) is 0. The molecule has 0 saturated heterocycles. The molecule has 0 unspecified atom stereocenters. The van der Waals surface area contributed by atoms with E-state index in [9.17, 15) is 9.18 Å². The summed E-state index contributed by atoms with van der Waals surface area (Å²) in [6.45, 7) is 4.76. The molecule has 0 saturated carbocycles. The molecule has 2 aromatic rings.